The zero-order chi connectivity index (χ0) is 10.0. The predicted octanol–water partition coefficient (Wildman–Crippen LogP) is 1.50. The molecule has 1 aromatic heterocycles. The second-order valence-electron chi connectivity index (χ2n) is 3.85. The summed E-state index contributed by atoms with van der Waals surface area (Å²) in [6, 6.07) is 3.90. The van der Waals surface area contributed by atoms with Gasteiger partial charge in [0.1, 0.15) is 0 Å². The number of ether oxygens (including phenoxy) is 1. The van der Waals surface area contributed by atoms with E-state index in [4.69, 9.17) is 4.74 Å². The standard InChI is InChI=1S/C11H15NO2/c1-14-10-9(4-2-7-12-10)11(8-13)5-3-6-11/h2,4,7,13H,3,5-6,8H2,1H3. The monoisotopic (exact) mass is 193 g/mol. The Labute approximate surface area is 83.7 Å². The van der Waals surface area contributed by atoms with Crippen molar-refractivity contribution in [2.45, 2.75) is 24.7 Å². The Balaban J connectivity index is 2.38. The maximum absolute atomic E-state index is 9.43. The highest BCUT2D eigenvalue weighted by Crippen LogP contribution is 2.45. The lowest BCUT2D eigenvalue weighted by molar-refractivity contribution is 0.116. The Morgan fingerprint density at radius 1 is 1.57 bits per heavy atom. The quantitative estimate of drug-likeness (QED) is 0.791. The van der Waals surface area contributed by atoms with Gasteiger partial charge >= 0.3 is 0 Å². The van der Waals surface area contributed by atoms with E-state index < -0.39 is 0 Å². The summed E-state index contributed by atoms with van der Waals surface area (Å²) in [5.41, 5.74) is 0.968. The minimum absolute atomic E-state index is 0.0837. The number of hydrogen-bond acceptors (Lipinski definition) is 3. The molecule has 1 N–H and O–H groups in total. The van der Waals surface area contributed by atoms with Crippen molar-refractivity contribution in [3.8, 4) is 5.88 Å². The van der Waals surface area contributed by atoms with Crippen LogP contribution in [0.2, 0.25) is 0 Å². The first-order chi connectivity index (χ1) is 6.82. The van der Waals surface area contributed by atoms with Gasteiger partial charge in [0, 0.05) is 17.2 Å². The molecule has 1 fully saturated rings. The third kappa shape index (κ3) is 1.28. The predicted molar refractivity (Wildman–Crippen MR) is 53.4 cm³/mol. The van der Waals surface area contributed by atoms with Crippen molar-refractivity contribution in [3.63, 3.8) is 0 Å². The number of aliphatic hydroxyl groups is 1. The Morgan fingerprint density at radius 2 is 2.36 bits per heavy atom. The molecule has 1 aliphatic rings. The van der Waals surface area contributed by atoms with Gasteiger partial charge in [0.05, 0.1) is 13.7 Å². The highest BCUT2D eigenvalue weighted by Gasteiger charge is 2.40. The minimum atomic E-state index is -0.0837. The summed E-state index contributed by atoms with van der Waals surface area (Å²) in [7, 11) is 1.62. The van der Waals surface area contributed by atoms with Gasteiger partial charge in [-0.05, 0) is 18.9 Å². The lowest BCUT2D eigenvalue weighted by Crippen LogP contribution is -2.38. The van der Waals surface area contributed by atoms with Crippen LogP contribution in [0.4, 0.5) is 0 Å². The maximum atomic E-state index is 9.43. The number of hydrogen-bond donors (Lipinski definition) is 1. The van der Waals surface area contributed by atoms with Crippen molar-refractivity contribution in [1.29, 1.82) is 0 Å². The van der Waals surface area contributed by atoms with Gasteiger partial charge in [-0.1, -0.05) is 12.5 Å². The molecule has 0 spiro atoms. The summed E-state index contributed by atoms with van der Waals surface area (Å²) in [5, 5.41) is 9.43. The number of aromatic nitrogens is 1. The minimum Gasteiger partial charge on any atom is -0.481 e. The number of pyridine rings is 1. The summed E-state index contributed by atoms with van der Waals surface area (Å²) >= 11 is 0. The number of rotatable bonds is 3. The SMILES string of the molecule is COc1ncccc1C1(CO)CCC1. The van der Waals surface area contributed by atoms with Gasteiger partial charge in [-0.3, -0.25) is 0 Å². The molecular weight excluding hydrogens is 178 g/mol. The molecule has 0 radical (unpaired) electrons. The number of nitrogens with zero attached hydrogens (tertiary/aromatic N) is 1. The highest BCUT2D eigenvalue weighted by molar-refractivity contribution is 5.36. The smallest absolute Gasteiger partial charge is 0.216 e. The van der Waals surface area contributed by atoms with Crippen molar-refractivity contribution < 1.29 is 9.84 Å². The fraction of sp³-hybridized carbons (Fsp3) is 0.545. The Morgan fingerprint density at radius 3 is 2.86 bits per heavy atom. The van der Waals surface area contributed by atoms with E-state index in [2.05, 4.69) is 4.98 Å². The fourth-order valence-corrected chi connectivity index (χ4v) is 2.07. The van der Waals surface area contributed by atoms with Crippen molar-refractivity contribution in [2.24, 2.45) is 0 Å². The van der Waals surface area contributed by atoms with Crippen LogP contribution in [0.3, 0.4) is 0 Å². The lowest BCUT2D eigenvalue weighted by Gasteiger charge is -2.40. The summed E-state index contributed by atoms with van der Waals surface area (Å²) in [4.78, 5) is 4.16. The summed E-state index contributed by atoms with van der Waals surface area (Å²) in [6.07, 6.45) is 4.96. The average molecular weight is 193 g/mol. The number of methoxy groups -OCH3 is 1. The first kappa shape index (κ1) is 9.46. The van der Waals surface area contributed by atoms with Gasteiger partial charge in [-0.25, -0.2) is 4.98 Å². The molecule has 76 valence electrons. The molecule has 0 saturated heterocycles. The van der Waals surface area contributed by atoms with Gasteiger partial charge in [0.25, 0.3) is 0 Å². The van der Waals surface area contributed by atoms with Gasteiger partial charge in [-0.15, -0.1) is 0 Å². The van der Waals surface area contributed by atoms with E-state index in [1.54, 1.807) is 13.3 Å². The first-order valence-electron chi connectivity index (χ1n) is 4.93. The molecule has 3 nitrogen and oxygen atoms in total. The second-order valence-corrected chi connectivity index (χ2v) is 3.85. The van der Waals surface area contributed by atoms with Crippen LogP contribution < -0.4 is 4.74 Å². The Kier molecular flexibility index (Phi) is 2.42. The van der Waals surface area contributed by atoms with Crippen molar-refractivity contribution in [2.75, 3.05) is 13.7 Å². The molecule has 1 heterocycles. The largest absolute Gasteiger partial charge is 0.481 e. The molecule has 1 aromatic rings. The third-order valence-corrected chi connectivity index (χ3v) is 3.15. The van der Waals surface area contributed by atoms with Gasteiger partial charge in [-0.2, -0.15) is 0 Å². The van der Waals surface area contributed by atoms with Crippen LogP contribution in [-0.2, 0) is 5.41 Å². The lowest BCUT2D eigenvalue weighted by atomic mass is 9.65. The highest BCUT2D eigenvalue weighted by atomic mass is 16.5. The topological polar surface area (TPSA) is 42.4 Å². The van der Waals surface area contributed by atoms with E-state index in [0.717, 1.165) is 18.4 Å². The molecule has 0 amide bonds. The van der Waals surface area contributed by atoms with Crippen LogP contribution in [0, 0.1) is 0 Å². The molecule has 0 aliphatic heterocycles. The second kappa shape index (κ2) is 3.58. The molecule has 1 aliphatic carbocycles. The number of aliphatic hydroxyl groups excluding tert-OH is 1. The molecule has 1 saturated carbocycles. The summed E-state index contributed by atoms with van der Waals surface area (Å²) < 4.78 is 5.21. The third-order valence-electron chi connectivity index (χ3n) is 3.15. The molecule has 0 aromatic carbocycles. The van der Waals surface area contributed by atoms with Crippen LogP contribution >= 0.6 is 0 Å². The average Bonchev–Trinajstić information content (AvgIpc) is 2.18. The van der Waals surface area contributed by atoms with Crippen molar-refractivity contribution in [3.05, 3.63) is 23.9 Å². The van der Waals surface area contributed by atoms with E-state index in [1.807, 2.05) is 12.1 Å². The van der Waals surface area contributed by atoms with E-state index in [9.17, 15) is 5.11 Å². The molecule has 14 heavy (non-hydrogen) atoms. The molecule has 0 unspecified atom stereocenters. The normalized spacial score (nSPS) is 18.7. The van der Waals surface area contributed by atoms with Gasteiger partial charge < -0.3 is 9.84 Å². The van der Waals surface area contributed by atoms with Crippen molar-refractivity contribution in [1.82, 2.24) is 4.98 Å². The van der Waals surface area contributed by atoms with Crippen molar-refractivity contribution >= 4 is 0 Å². The van der Waals surface area contributed by atoms with Crippen LogP contribution in [0.5, 0.6) is 5.88 Å². The van der Waals surface area contributed by atoms with E-state index in [1.165, 1.54) is 6.42 Å². The van der Waals surface area contributed by atoms with Crippen LogP contribution in [0.25, 0.3) is 0 Å². The fourth-order valence-electron chi connectivity index (χ4n) is 2.07. The first-order valence-corrected chi connectivity index (χ1v) is 4.93. The van der Waals surface area contributed by atoms with Crippen LogP contribution in [0.1, 0.15) is 24.8 Å². The molecule has 3 heteroatoms. The van der Waals surface area contributed by atoms with E-state index in [-0.39, 0.29) is 12.0 Å². The Bertz CT molecular complexity index is 315. The zero-order valence-corrected chi connectivity index (χ0v) is 8.36. The zero-order valence-electron chi connectivity index (χ0n) is 8.36. The summed E-state index contributed by atoms with van der Waals surface area (Å²) in [5.74, 6) is 0.654. The van der Waals surface area contributed by atoms with Gasteiger partial charge in [0.15, 0.2) is 0 Å². The molecular formula is C11H15NO2. The molecule has 2 rings (SSSR count). The summed E-state index contributed by atoms with van der Waals surface area (Å²) in [6.45, 7) is 0.190. The Hall–Kier alpha value is -1.09. The molecule has 0 atom stereocenters. The van der Waals surface area contributed by atoms with Gasteiger partial charge in [0.2, 0.25) is 5.88 Å². The van der Waals surface area contributed by atoms with E-state index in [0.29, 0.717) is 5.88 Å². The van der Waals surface area contributed by atoms with Crippen LogP contribution in [-0.4, -0.2) is 23.8 Å². The molecule has 0 bridgehead atoms. The van der Waals surface area contributed by atoms with Crippen LogP contribution in [0.15, 0.2) is 18.3 Å². The maximum Gasteiger partial charge on any atom is 0.216 e. The van der Waals surface area contributed by atoms with E-state index >= 15 is 0 Å².